The maximum absolute atomic E-state index is 5.63. The number of nitrogens with zero attached hydrogens (tertiary/aromatic N) is 2. The molecule has 0 spiro atoms. The van der Waals surface area contributed by atoms with E-state index in [0.29, 0.717) is 41.1 Å². The lowest BCUT2D eigenvalue weighted by atomic mass is 10.1. The Kier molecular flexibility index (Phi) is 4.99. The van der Waals surface area contributed by atoms with Gasteiger partial charge in [0.25, 0.3) is 5.89 Å². The molecule has 1 N–H and O–H groups in total. The van der Waals surface area contributed by atoms with Crippen LogP contribution in [0, 0.1) is 0 Å². The molecule has 1 aromatic heterocycles. The topological polar surface area (TPSA) is 78.6 Å². The molecule has 0 aliphatic carbocycles. The summed E-state index contributed by atoms with van der Waals surface area (Å²) < 4.78 is 21.6. The van der Waals surface area contributed by atoms with Crippen LogP contribution in [-0.2, 0) is 6.54 Å². The standard InChI is InChI=1S/C14H19N3O4/c1-5-15-8-11-16-17-14(21-11)9-6-7-10(18-2)13(20-4)12(9)19-3/h6-7,15H,5,8H2,1-4H3. The van der Waals surface area contributed by atoms with Crippen LogP contribution in [0.5, 0.6) is 17.2 Å². The molecule has 7 nitrogen and oxygen atoms in total. The van der Waals surface area contributed by atoms with Crippen LogP contribution in [0.1, 0.15) is 12.8 Å². The zero-order valence-electron chi connectivity index (χ0n) is 12.6. The lowest BCUT2D eigenvalue weighted by Crippen LogP contribution is -2.11. The monoisotopic (exact) mass is 293 g/mol. The first-order valence-corrected chi connectivity index (χ1v) is 6.57. The van der Waals surface area contributed by atoms with Crippen molar-refractivity contribution in [2.45, 2.75) is 13.5 Å². The molecule has 0 atom stereocenters. The minimum atomic E-state index is 0.376. The molecule has 0 bridgehead atoms. The van der Waals surface area contributed by atoms with E-state index in [1.165, 1.54) is 0 Å². The summed E-state index contributed by atoms with van der Waals surface area (Å²) in [4.78, 5) is 0. The first-order valence-electron chi connectivity index (χ1n) is 6.57. The molecule has 1 heterocycles. The molecule has 0 amide bonds. The second kappa shape index (κ2) is 6.94. The highest BCUT2D eigenvalue weighted by molar-refractivity contribution is 5.71. The van der Waals surface area contributed by atoms with E-state index in [9.17, 15) is 0 Å². The fourth-order valence-electron chi connectivity index (χ4n) is 1.94. The van der Waals surface area contributed by atoms with Crippen molar-refractivity contribution in [1.82, 2.24) is 15.5 Å². The van der Waals surface area contributed by atoms with Gasteiger partial charge in [-0.2, -0.15) is 0 Å². The third-order valence-electron chi connectivity index (χ3n) is 2.93. The maximum Gasteiger partial charge on any atom is 0.251 e. The van der Waals surface area contributed by atoms with Gasteiger partial charge < -0.3 is 23.9 Å². The van der Waals surface area contributed by atoms with Gasteiger partial charge in [-0.15, -0.1) is 10.2 Å². The van der Waals surface area contributed by atoms with Crippen LogP contribution in [-0.4, -0.2) is 38.1 Å². The van der Waals surface area contributed by atoms with Gasteiger partial charge in [0, 0.05) is 0 Å². The molecule has 21 heavy (non-hydrogen) atoms. The Bertz CT molecular complexity index is 598. The molecule has 2 aromatic rings. The average molecular weight is 293 g/mol. The van der Waals surface area contributed by atoms with Crippen molar-refractivity contribution >= 4 is 0 Å². The minimum absolute atomic E-state index is 0.376. The Balaban J connectivity index is 2.41. The number of hydrogen-bond acceptors (Lipinski definition) is 7. The Morgan fingerprint density at radius 3 is 2.43 bits per heavy atom. The third-order valence-corrected chi connectivity index (χ3v) is 2.93. The summed E-state index contributed by atoms with van der Waals surface area (Å²) in [6.45, 7) is 3.37. The van der Waals surface area contributed by atoms with Crippen molar-refractivity contribution in [3.63, 3.8) is 0 Å². The Morgan fingerprint density at radius 2 is 1.81 bits per heavy atom. The van der Waals surface area contributed by atoms with E-state index in [0.717, 1.165) is 6.54 Å². The number of benzene rings is 1. The van der Waals surface area contributed by atoms with Crippen LogP contribution in [0.15, 0.2) is 16.5 Å². The number of ether oxygens (including phenoxy) is 3. The van der Waals surface area contributed by atoms with Crippen LogP contribution in [0.25, 0.3) is 11.5 Å². The Morgan fingerprint density at radius 1 is 1.05 bits per heavy atom. The van der Waals surface area contributed by atoms with Crippen LogP contribution in [0.4, 0.5) is 0 Å². The predicted molar refractivity (Wildman–Crippen MR) is 76.8 cm³/mol. The van der Waals surface area contributed by atoms with Crippen LogP contribution in [0.2, 0.25) is 0 Å². The Labute approximate surface area is 123 Å². The molecular weight excluding hydrogens is 274 g/mol. The summed E-state index contributed by atoms with van der Waals surface area (Å²) in [7, 11) is 4.67. The fraction of sp³-hybridized carbons (Fsp3) is 0.429. The highest BCUT2D eigenvalue weighted by Gasteiger charge is 2.20. The molecule has 2 rings (SSSR count). The average Bonchev–Trinajstić information content (AvgIpc) is 2.99. The molecule has 1 aromatic carbocycles. The number of rotatable bonds is 7. The molecule has 0 fully saturated rings. The summed E-state index contributed by atoms with van der Waals surface area (Å²) in [5.74, 6) is 2.45. The number of aromatic nitrogens is 2. The van der Waals surface area contributed by atoms with E-state index in [1.54, 1.807) is 33.5 Å². The summed E-state index contributed by atoms with van der Waals surface area (Å²) in [6, 6.07) is 3.57. The first-order chi connectivity index (χ1) is 10.2. The molecule has 0 aliphatic rings. The SMILES string of the molecule is CCNCc1nnc(-c2ccc(OC)c(OC)c2OC)o1. The zero-order valence-corrected chi connectivity index (χ0v) is 12.6. The molecular formula is C14H19N3O4. The van der Waals surface area contributed by atoms with Crippen molar-refractivity contribution in [2.24, 2.45) is 0 Å². The lowest BCUT2D eigenvalue weighted by molar-refractivity contribution is 0.324. The van der Waals surface area contributed by atoms with Gasteiger partial charge >= 0.3 is 0 Å². The van der Waals surface area contributed by atoms with Crippen LogP contribution in [0.3, 0.4) is 0 Å². The van der Waals surface area contributed by atoms with Gasteiger partial charge in [0.1, 0.15) is 0 Å². The number of methoxy groups -OCH3 is 3. The summed E-state index contributed by atoms with van der Waals surface area (Å²) in [6.07, 6.45) is 0. The van der Waals surface area contributed by atoms with Crippen LogP contribution >= 0.6 is 0 Å². The summed E-state index contributed by atoms with van der Waals surface area (Å²) in [5, 5.41) is 11.2. The van der Waals surface area contributed by atoms with Crippen LogP contribution < -0.4 is 19.5 Å². The van der Waals surface area contributed by atoms with E-state index >= 15 is 0 Å². The van der Waals surface area contributed by atoms with Gasteiger partial charge in [-0.25, -0.2) is 0 Å². The van der Waals surface area contributed by atoms with Gasteiger partial charge in [0.2, 0.25) is 11.6 Å². The largest absolute Gasteiger partial charge is 0.493 e. The molecule has 0 saturated carbocycles. The van der Waals surface area contributed by atoms with E-state index in [2.05, 4.69) is 15.5 Å². The first kappa shape index (κ1) is 15.1. The number of hydrogen-bond donors (Lipinski definition) is 1. The Hall–Kier alpha value is -2.28. The van der Waals surface area contributed by atoms with E-state index < -0.39 is 0 Å². The molecule has 0 unspecified atom stereocenters. The highest BCUT2D eigenvalue weighted by Crippen LogP contribution is 2.43. The molecule has 7 heteroatoms. The van der Waals surface area contributed by atoms with Gasteiger partial charge in [0.15, 0.2) is 11.5 Å². The van der Waals surface area contributed by atoms with Gasteiger partial charge in [-0.1, -0.05) is 6.92 Å². The summed E-state index contributed by atoms with van der Waals surface area (Å²) in [5.41, 5.74) is 0.658. The summed E-state index contributed by atoms with van der Waals surface area (Å²) >= 11 is 0. The van der Waals surface area contributed by atoms with Crippen molar-refractivity contribution in [3.8, 4) is 28.7 Å². The van der Waals surface area contributed by atoms with Gasteiger partial charge in [-0.05, 0) is 18.7 Å². The van der Waals surface area contributed by atoms with Gasteiger partial charge in [0.05, 0.1) is 33.4 Å². The molecule has 0 aliphatic heterocycles. The highest BCUT2D eigenvalue weighted by atomic mass is 16.5. The smallest absolute Gasteiger partial charge is 0.251 e. The third kappa shape index (κ3) is 3.08. The van der Waals surface area contributed by atoms with E-state index in [-0.39, 0.29) is 0 Å². The normalized spacial score (nSPS) is 10.5. The predicted octanol–water partition coefficient (Wildman–Crippen LogP) is 1.87. The number of nitrogens with one attached hydrogen (secondary N) is 1. The van der Waals surface area contributed by atoms with Crippen molar-refractivity contribution in [2.75, 3.05) is 27.9 Å². The molecule has 0 radical (unpaired) electrons. The molecule has 114 valence electrons. The lowest BCUT2D eigenvalue weighted by Gasteiger charge is -2.13. The van der Waals surface area contributed by atoms with Crippen molar-refractivity contribution < 1.29 is 18.6 Å². The van der Waals surface area contributed by atoms with Crippen molar-refractivity contribution in [3.05, 3.63) is 18.0 Å². The fourth-order valence-corrected chi connectivity index (χ4v) is 1.94. The van der Waals surface area contributed by atoms with E-state index in [4.69, 9.17) is 18.6 Å². The quantitative estimate of drug-likeness (QED) is 0.834. The second-order valence-electron chi connectivity index (χ2n) is 4.16. The maximum atomic E-state index is 5.63. The van der Waals surface area contributed by atoms with Gasteiger partial charge in [-0.3, -0.25) is 0 Å². The van der Waals surface area contributed by atoms with Crippen molar-refractivity contribution in [1.29, 1.82) is 0 Å². The minimum Gasteiger partial charge on any atom is -0.493 e. The second-order valence-corrected chi connectivity index (χ2v) is 4.16. The zero-order chi connectivity index (χ0) is 15.2. The molecule has 0 saturated heterocycles. The van der Waals surface area contributed by atoms with E-state index in [1.807, 2.05) is 6.92 Å².